The van der Waals surface area contributed by atoms with Crippen molar-refractivity contribution in [2.75, 3.05) is 32.1 Å². The normalized spacial score (nSPS) is 16.9. The van der Waals surface area contributed by atoms with Gasteiger partial charge in [0.05, 0.1) is 6.54 Å². The first-order chi connectivity index (χ1) is 12.0. The van der Waals surface area contributed by atoms with Crippen LogP contribution in [0.1, 0.15) is 18.5 Å². The first-order valence-electron chi connectivity index (χ1n) is 8.58. The predicted molar refractivity (Wildman–Crippen MR) is 95.7 cm³/mol. The fraction of sp³-hybridized carbons (Fsp3) is 0.500. The summed E-state index contributed by atoms with van der Waals surface area (Å²) >= 11 is 0. The van der Waals surface area contributed by atoms with Gasteiger partial charge in [0.2, 0.25) is 5.91 Å². The smallest absolute Gasteiger partial charge is 0.223 e. The molecule has 0 saturated carbocycles. The summed E-state index contributed by atoms with van der Waals surface area (Å²) in [7, 11) is 5.78. The highest BCUT2D eigenvalue weighted by Gasteiger charge is 2.28. The van der Waals surface area contributed by atoms with Gasteiger partial charge in [-0.05, 0) is 24.6 Å². The Hall–Kier alpha value is -2.57. The largest absolute Gasteiger partial charge is 0.485 e. The van der Waals surface area contributed by atoms with Gasteiger partial charge in [-0.2, -0.15) is 5.10 Å². The fourth-order valence-electron chi connectivity index (χ4n) is 3.08. The van der Waals surface area contributed by atoms with E-state index in [1.165, 1.54) is 0 Å². The minimum atomic E-state index is 0.0172. The van der Waals surface area contributed by atoms with Crippen molar-refractivity contribution in [3.8, 4) is 5.75 Å². The molecule has 0 radical (unpaired) electrons. The average molecular weight is 343 g/mol. The van der Waals surface area contributed by atoms with Crippen molar-refractivity contribution in [3.63, 3.8) is 0 Å². The Labute approximate surface area is 148 Å². The van der Waals surface area contributed by atoms with Gasteiger partial charge in [-0.1, -0.05) is 0 Å². The number of hydrogen-bond donors (Lipinski definition) is 0. The van der Waals surface area contributed by atoms with Crippen LogP contribution in [-0.2, 0) is 18.3 Å². The van der Waals surface area contributed by atoms with E-state index in [2.05, 4.69) is 10.1 Å². The highest BCUT2D eigenvalue weighted by Crippen LogP contribution is 2.26. The monoisotopic (exact) mass is 343 g/mol. The minimum Gasteiger partial charge on any atom is -0.485 e. The Morgan fingerprint density at radius 1 is 1.36 bits per heavy atom. The number of pyridine rings is 1. The van der Waals surface area contributed by atoms with E-state index < -0.39 is 0 Å². The summed E-state index contributed by atoms with van der Waals surface area (Å²) in [5, 5.41) is 4.14. The Kier molecular flexibility index (Phi) is 5.21. The van der Waals surface area contributed by atoms with Gasteiger partial charge in [0.25, 0.3) is 0 Å². The van der Waals surface area contributed by atoms with Gasteiger partial charge >= 0.3 is 0 Å². The quantitative estimate of drug-likeness (QED) is 0.795. The molecule has 0 N–H and O–H groups in total. The minimum absolute atomic E-state index is 0.0172. The molecule has 7 heteroatoms. The number of rotatable bonds is 6. The number of carbonyl (C=O) groups excluding carboxylic acids is 1. The molecule has 1 atom stereocenters. The summed E-state index contributed by atoms with van der Waals surface area (Å²) in [4.78, 5) is 20.6. The third-order valence-corrected chi connectivity index (χ3v) is 4.48. The van der Waals surface area contributed by atoms with Gasteiger partial charge in [0.15, 0.2) is 11.6 Å². The van der Waals surface area contributed by atoms with E-state index in [1.54, 1.807) is 12.4 Å². The van der Waals surface area contributed by atoms with Crippen molar-refractivity contribution in [2.24, 2.45) is 7.05 Å². The zero-order valence-corrected chi connectivity index (χ0v) is 15.1. The Morgan fingerprint density at radius 2 is 2.20 bits per heavy atom. The number of nitrogens with zero attached hydrogens (tertiary/aromatic N) is 5. The van der Waals surface area contributed by atoms with E-state index in [4.69, 9.17) is 4.74 Å². The lowest BCUT2D eigenvalue weighted by atomic mass is 10.2. The highest BCUT2D eigenvalue weighted by atomic mass is 16.5. The molecule has 0 aromatic carbocycles. The molecule has 1 fully saturated rings. The molecule has 2 aromatic rings. The van der Waals surface area contributed by atoms with Gasteiger partial charge in [-0.15, -0.1) is 0 Å². The molecule has 1 unspecified atom stereocenters. The van der Waals surface area contributed by atoms with Crippen LogP contribution < -0.4 is 9.64 Å². The van der Waals surface area contributed by atoms with Crippen molar-refractivity contribution >= 4 is 11.7 Å². The number of likely N-dealkylation sites (tertiary alicyclic amines) is 1. The molecule has 1 aliphatic rings. The lowest BCUT2D eigenvalue weighted by Crippen LogP contribution is -2.31. The van der Waals surface area contributed by atoms with Gasteiger partial charge in [-0.3, -0.25) is 9.48 Å². The lowest BCUT2D eigenvalue weighted by molar-refractivity contribution is -0.130. The Bertz CT molecular complexity index is 728. The first kappa shape index (κ1) is 17.3. The summed E-state index contributed by atoms with van der Waals surface area (Å²) in [6.07, 6.45) is 5.59. The van der Waals surface area contributed by atoms with Crippen LogP contribution in [0.25, 0.3) is 0 Å². The van der Waals surface area contributed by atoms with E-state index in [0.29, 0.717) is 19.4 Å². The second kappa shape index (κ2) is 7.55. The molecule has 0 bridgehead atoms. The van der Waals surface area contributed by atoms with Crippen molar-refractivity contribution in [2.45, 2.75) is 25.4 Å². The molecule has 1 amide bonds. The zero-order chi connectivity index (χ0) is 17.8. The second-order valence-corrected chi connectivity index (χ2v) is 6.53. The Morgan fingerprint density at radius 3 is 2.92 bits per heavy atom. The fourth-order valence-corrected chi connectivity index (χ4v) is 3.08. The van der Waals surface area contributed by atoms with Crippen LogP contribution in [-0.4, -0.2) is 58.9 Å². The maximum atomic E-state index is 12.4. The number of anilines is 1. The second-order valence-electron chi connectivity index (χ2n) is 6.53. The topological polar surface area (TPSA) is 63.5 Å². The summed E-state index contributed by atoms with van der Waals surface area (Å²) in [5.74, 6) is 1.75. The predicted octanol–water partition coefficient (Wildman–Crippen LogP) is 1.49. The molecule has 1 aliphatic heterocycles. The number of aromatic nitrogens is 3. The molecule has 134 valence electrons. The molecule has 2 aromatic heterocycles. The number of carbonyl (C=O) groups is 1. The molecule has 0 aliphatic carbocycles. The van der Waals surface area contributed by atoms with E-state index >= 15 is 0 Å². The Balaban J connectivity index is 1.53. The van der Waals surface area contributed by atoms with Gasteiger partial charge in [0, 0.05) is 58.6 Å². The van der Waals surface area contributed by atoms with Crippen molar-refractivity contribution in [1.29, 1.82) is 0 Å². The van der Waals surface area contributed by atoms with E-state index in [1.807, 2.05) is 53.8 Å². The third kappa shape index (κ3) is 4.10. The van der Waals surface area contributed by atoms with E-state index in [9.17, 15) is 4.79 Å². The van der Waals surface area contributed by atoms with E-state index in [0.717, 1.165) is 30.2 Å². The third-order valence-electron chi connectivity index (χ3n) is 4.48. The van der Waals surface area contributed by atoms with Crippen LogP contribution in [0.4, 0.5) is 5.82 Å². The average Bonchev–Trinajstić information content (AvgIpc) is 3.22. The summed E-state index contributed by atoms with van der Waals surface area (Å²) in [6, 6.07) is 5.75. The molecule has 0 spiro atoms. The van der Waals surface area contributed by atoms with Crippen molar-refractivity contribution < 1.29 is 9.53 Å². The number of ether oxygens (including phenoxy) is 1. The summed E-state index contributed by atoms with van der Waals surface area (Å²) in [5.41, 5.74) is 1.08. The standard InChI is InChI=1S/C18H25N5O2/c1-21(2)18-16(5-4-10-19-18)25-15-9-12-23(13-15)17(24)7-6-14-8-11-20-22(14)3/h4-5,8,10-11,15H,6-7,9,12-13H2,1-3H3. The van der Waals surface area contributed by atoms with Crippen LogP contribution in [0.2, 0.25) is 0 Å². The van der Waals surface area contributed by atoms with Crippen LogP contribution in [0.15, 0.2) is 30.6 Å². The van der Waals surface area contributed by atoms with Crippen molar-refractivity contribution in [1.82, 2.24) is 19.7 Å². The SMILES string of the molecule is CN(C)c1ncccc1OC1CCN(C(=O)CCc2ccnn2C)C1. The van der Waals surface area contributed by atoms with Crippen LogP contribution in [0.5, 0.6) is 5.75 Å². The number of aryl methyl sites for hydroxylation is 2. The van der Waals surface area contributed by atoms with Crippen LogP contribution in [0, 0.1) is 0 Å². The van der Waals surface area contributed by atoms with Gasteiger partial charge < -0.3 is 14.5 Å². The number of amides is 1. The molecule has 25 heavy (non-hydrogen) atoms. The first-order valence-corrected chi connectivity index (χ1v) is 8.58. The van der Waals surface area contributed by atoms with Gasteiger partial charge in [0.1, 0.15) is 6.10 Å². The molecule has 7 nitrogen and oxygen atoms in total. The molecular weight excluding hydrogens is 318 g/mol. The van der Waals surface area contributed by atoms with Crippen LogP contribution in [0.3, 0.4) is 0 Å². The zero-order valence-electron chi connectivity index (χ0n) is 15.1. The van der Waals surface area contributed by atoms with E-state index in [-0.39, 0.29) is 12.0 Å². The lowest BCUT2D eigenvalue weighted by Gasteiger charge is -2.20. The maximum Gasteiger partial charge on any atom is 0.223 e. The molecule has 1 saturated heterocycles. The summed E-state index contributed by atoms with van der Waals surface area (Å²) < 4.78 is 7.92. The summed E-state index contributed by atoms with van der Waals surface area (Å²) in [6.45, 7) is 1.37. The molecule has 3 rings (SSSR count). The molecular formula is C18H25N5O2. The highest BCUT2D eigenvalue weighted by molar-refractivity contribution is 5.76. The molecule has 3 heterocycles. The maximum absolute atomic E-state index is 12.4. The van der Waals surface area contributed by atoms with Gasteiger partial charge in [-0.25, -0.2) is 4.98 Å². The van der Waals surface area contributed by atoms with Crippen molar-refractivity contribution in [3.05, 3.63) is 36.3 Å². The van der Waals surface area contributed by atoms with Crippen LogP contribution >= 0.6 is 0 Å². The number of hydrogen-bond acceptors (Lipinski definition) is 5.